The van der Waals surface area contributed by atoms with E-state index in [1.807, 2.05) is 30.3 Å². The zero-order valence-corrected chi connectivity index (χ0v) is 12.7. The lowest BCUT2D eigenvalue weighted by molar-refractivity contribution is -0.123. The van der Waals surface area contributed by atoms with E-state index >= 15 is 0 Å². The monoisotopic (exact) mass is 294 g/mol. The summed E-state index contributed by atoms with van der Waals surface area (Å²) in [7, 11) is 0. The molecule has 0 saturated carbocycles. The van der Waals surface area contributed by atoms with E-state index in [-0.39, 0.29) is 11.9 Å². The molecule has 0 fully saturated rings. The van der Waals surface area contributed by atoms with Crippen molar-refractivity contribution in [2.24, 2.45) is 5.73 Å². The Balaban J connectivity index is 1.56. The van der Waals surface area contributed by atoms with Gasteiger partial charge in [0.15, 0.2) is 0 Å². The number of rotatable bonds is 4. The van der Waals surface area contributed by atoms with E-state index in [0.717, 1.165) is 24.8 Å². The van der Waals surface area contributed by atoms with Crippen LogP contribution in [-0.2, 0) is 24.1 Å². The van der Waals surface area contributed by atoms with Crippen LogP contribution in [0.2, 0.25) is 0 Å². The highest BCUT2D eigenvalue weighted by Crippen LogP contribution is 2.21. The van der Waals surface area contributed by atoms with Gasteiger partial charge in [0.1, 0.15) is 0 Å². The smallest absolute Gasteiger partial charge is 0.237 e. The van der Waals surface area contributed by atoms with Gasteiger partial charge in [-0.05, 0) is 42.4 Å². The van der Waals surface area contributed by atoms with Gasteiger partial charge in [0, 0.05) is 6.04 Å². The maximum atomic E-state index is 12.3. The highest BCUT2D eigenvalue weighted by molar-refractivity contribution is 5.82. The van der Waals surface area contributed by atoms with Crippen molar-refractivity contribution in [1.82, 2.24) is 5.32 Å². The predicted octanol–water partition coefficient (Wildman–Crippen LogP) is 2.23. The van der Waals surface area contributed by atoms with Gasteiger partial charge in [0.25, 0.3) is 0 Å². The Labute approximate surface area is 131 Å². The summed E-state index contributed by atoms with van der Waals surface area (Å²) in [6.07, 6.45) is 3.49. The van der Waals surface area contributed by atoms with Crippen LogP contribution in [0, 0.1) is 0 Å². The van der Waals surface area contributed by atoms with Crippen LogP contribution in [-0.4, -0.2) is 18.0 Å². The molecule has 1 unspecified atom stereocenters. The molecule has 2 aromatic carbocycles. The normalized spacial score (nSPS) is 18.3. The van der Waals surface area contributed by atoms with E-state index in [9.17, 15) is 4.79 Å². The Bertz CT molecular complexity index is 639. The number of hydrogen-bond acceptors (Lipinski definition) is 2. The summed E-state index contributed by atoms with van der Waals surface area (Å²) in [6, 6.07) is 18.1. The molecule has 1 amide bonds. The zero-order valence-electron chi connectivity index (χ0n) is 12.7. The summed E-state index contributed by atoms with van der Waals surface area (Å²) in [4.78, 5) is 12.3. The summed E-state index contributed by atoms with van der Waals surface area (Å²) in [5.74, 6) is -0.0479. The molecule has 1 aliphatic rings. The number of fused-ring (bicyclic) bond motifs is 1. The Morgan fingerprint density at radius 1 is 1.09 bits per heavy atom. The van der Waals surface area contributed by atoms with Crippen molar-refractivity contribution < 1.29 is 4.79 Å². The third kappa shape index (κ3) is 3.55. The summed E-state index contributed by atoms with van der Waals surface area (Å²) >= 11 is 0. The largest absolute Gasteiger partial charge is 0.352 e. The second-order valence-corrected chi connectivity index (χ2v) is 6.01. The molecule has 2 aromatic rings. The van der Waals surface area contributed by atoms with Gasteiger partial charge in [-0.15, -0.1) is 0 Å². The molecule has 114 valence electrons. The lowest BCUT2D eigenvalue weighted by Gasteiger charge is -2.26. The molecule has 3 N–H and O–H groups in total. The first-order valence-corrected chi connectivity index (χ1v) is 7.89. The lowest BCUT2D eigenvalue weighted by atomic mass is 9.88. The standard InChI is InChI=1S/C19H22N2O/c20-18(12-14-6-2-1-3-7-14)19(22)21-17-11-10-15-8-4-5-9-16(15)13-17/h1-9,17-18H,10-13,20H2,(H,21,22)/t17?,18-/m0/s1. The molecular formula is C19H22N2O. The minimum Gasteiger partial charge on any atom is -0.352 e. The van der Waals surface area contributed by atoms with Crippen molar-refractivity contribution in [3.63, 3.8) is 0 Å². The van der Waals surface area contributed by atoms with Crippen molar-refractivity contribution in [1.29, 1.82) is 0 Å². The van der Waals surface area contributed by atoms with E-state index < -0.39 is 6.04 Å². The molecule has 0 spiro atoms. The molecule has 0 heterocycles. The van der Waals surface area contributed by atoms with E-state index in [4.69, 9.17) is 5.73 Å². The van der Waals surface area contributed by atoms with Crippen LogP contribution in [0.3, 0.4) is 0 Å². The minimum absolute atomic E-state index is 0.0479. The van der Waals surface area contributed by atoms with Crippen LogP contribution in [0.4, 0.5) is 0 Å². The molecule has 0 radical (unpaired) electrons. The average Bonchev–Trinajstić information content (AvgIpc) is 2.55. The number of benzene rings is 2. The third-order valence-electron chi connectivity index (χ3n) is 4.33. The molecule has 0 aromatic heterocycles. The Morgan fingerprint density at radius 3 is 2.55 bits per heavy atom. The SMILES string of the molecule is N[C@@H](Cc1ccccc1)C(=O)NC1CCc2ccccc2C1. The molecule has 0 aliphatic heterocycles. The summed E-state index contributed by atoms with van der Waals surface area (Å²) in [5.41, 5.74) is 9.89. The fraction of sp³-hybridized carbons (Fsp3) is 0.316. The van der Waals surface area contributed by atoms with E-state index in [2.05, 4.69) is 29.6 Å². The highest BCUT2D eigenvalue weighted by atomic mass is 16.2. The third-order valence-corrected chi connectivity index (χ3v) is 4.33. The fourth-order valence-electron chi connectivity index (χ4n) is 3.09. The van der Waals surface area contributed by atoms with Crippen molar-refractivity contribution in [2.75, 3.05) is 0 Å². The van der Waals surface area contributed by atoms with E-state index in [0.29, 0.717) is 6.42 Å². The molecule has 3 rings (SSSR count). The van der Waals surface area contributed by atoms with Crippen LogP contribution in [0.15, 0.2) is 54.6 Å². The van der Waals surface area contributed by atoms with Gasteiger partial charge in [-0.3, -0.25) is 4.79 Å². The number of carbonyl (C=O) groups excluding carboxylic acids is 1. The Hall–Kier alpha value is -2.13. The maximum Gasteiger partial charge on any atom is 0.237 e. The van der Waals surface area contributed by atoms with Gasteiger partial charge < -0.3 is 11.1 Å². The number of carbonyl (C=O) groups is 1. The van der Waals surface area contributed by atoms with Gasteiger partial charge in [0.05, 0.1) is 6.04 Å². The second-order valence-electron chi connectivity index (χ2n) is 6.01. The maximum absolute atomic E-state index is 12.3. The summed E-state index contributed by atoms with van der Waals surface area (Å²) in [6.45, 7) is 0. The number of amides is 1. The molecule has 3 nitrogen and oxygen atoms in total. The van der Waals surface area contributed by atoms with Crippen LogP contribution in [0.5, 0.6) is 0 Å². The van der Waals surface area contributed by atoms with E-state index in [1.54, 1.807) is 0 Å². The first-order chi connectivity index (χ1) is 10.7. The lowest BCUT2D eigenvalue weighted by Crippen LogP contribution is -2.48. The number of nitrogens with two attached hydrogens (primary N) is 1. The average molecular weight is 294 g/mol. The first-order valence-electron chi connectivity index (χ1n) is 7.89. The first kappa shape index (κ1) is 14.8. The molecule has 1 aliphatic carbocycles. The predicted molar refractivity (Wildman–Crippen MR) is 88.5 cm³/mol. The van der Waals surface area contributed by atoms with Gasteiger partial charge in [0.2, 0.25) is 5.91 Å². The molecule has 0 saturated heterocycles. The van der Waals surface area contributed by atoms with Crippen LogP contribution < -0.4 is 11.1 Å². The van der Waals surface area contributed by atoms with Crippen LogP contribution in [0.25, 0.3) is 0 Å². The second kappa shape index (κ2) is 6.75. The highest BCUT2D eigenvalue weighted by Gasteiger charge is 2.22. The van der Waals surface area contributed by atoms with Crippen LogP contribution >= 0.6 is 0 Å². The molecule has 2 atom stereocenters. The van der Waals surface area contributed by atoms with Crippen LogP contribution in [0.1, 0.15) is 23.1 Å². The molecular weight excluding hydrogens is 272 g/mol. The van der Waals surface area contributed by atoms with Gasteiger partial charge in [-0.25, -0.2) is 0 Å². The molecule has 3 heteroatoms. The molecule has 0 bridgehead atoms. The number of hydrogen-bond donors (Lipinski definition) is 2. The van der Waals surface area contributed by atoms with E-state index in [1.165, 1.54) is 11.1 Å². The van der Waals surface area contributed by atoms with Gasteiger partial charge in [-0.1, -0.05) is 54.6 Å². The Kier molecular flexibility index (Phi) is 4.54. The summed E-state index contributed by atoms with van der Waals surface area (Å²) in [5, 5.41) is 3.12. The summed E-state index contributed by atoms with van der Waals surface area (Å²) < 4.78 is 0. The van der Waals surface area contributed by atoms with Gasteiger partial charge in [-0.2, -0.15) is 0 Å². The van der Waals surface area contributed by atoms with Gasteiger partial charge >= 0.3 is 0 Å². The van der Waals surface area contributed by atoms with Crippen molar-refractivity contribution in [3.8, 4) is 0 Å². The Morgan fingerprint density at radius 2 is 1.77 bits per heavy atom. The zero-order chi connectivity index (χ0) is 15.4. The number of nitrogens with one attached hydrogen (secondary N) is 1. The minimum atomic E-state index is -0.487. The van der Waals surface area contributed by atoms with Crippen molar-refractivity contribution in [3.05, 3.63) is 71.3 Å². The molecule has 22 heavy (non-hydrogen) atoms. The van der Waals surface area contributed by atoms with Crippen molar-refractivity contribution >= 4 is 5.91 Å². The number of aryl methyl sites for hydroxylation is 1. The fourth-order valence-corrected chi connectivity index (χ4v) is 3.09. The topological polar surface area (TPSA) is 55.1 Å². The van der Waals surface area contributed by atoms with Crippen molar-refractivity contribution in [2.45, 2.75) is 37.8 Å². The quantitative estimate of drug-likeness (QED) is 0.908.